The molecule has 1 aromatic carbocycles. The SMILES string of the molecule is Nc1nc(-c2ccncc2)nn1C(=O)[C@@H]1CCNc2ccc(F)cc21. The van der Waals surface area contributed by atoms with E-state index in [0.29, 0.717) is 29.9 Å². The van der Waals surface area contributed by atoms with Crippen molar-refractivity contribution in [1.29, 1.82) is 0 Å². The summed E-state index contributed by atoms with van der Waals surface area (Å²) in [7, 11) is 0. The summed E-state index contributed by atoms with van der Waals surface area (Å²) in [4.78, 5) is 21.1. The van der Waals surface area contributed by atoms with Crippen molar-refractivity contribution in [3.8, 4) is 11.4 Å². The Kier molecular flexibility index (Phi) is 3.64. The Morgan fingerprint density at radius 2 is 2.08 bits per heavy atom. The highest BCUT2D eigenvalue weighted by molar-refractivity contribution is 5.89. The zero-order valence-electron chi connectivity index (χ0n) is 13.2. The summed E-state index contributed by atoms with van der Waals surface area (Å²) >= 11 is 0. The van der Waals surface area contributed by atoms with Gasteiger partial charge in [-0.25, -0.2) is 4.39 Å². The molecule has 0 fully saturated rings. The van der Waals surface area contributed by atoms with Crippen molar-refractivity contribution in [1.82, 2.24) is 19.7 Å². The monoisotopic (exact) mass is 338 g/mol. The first-order chi connectivity index (χ1) is 12.1. The lowest BCUT2D eigenvalue weighted by Crippen LogP contribution is -2.28. The summed E-state index contributed by atoms with van der Waals surface area (Å²) in [5, 5.41) is 7.41. The van der Waals surface area contributed by atoms with Crippen LogP contribution in [-0.2, 0) is 0 Å². The number of nitrogens with zero attached hydrogens (tertiary/aromatic N) is 4. The van der Waals surface area contributed by atoms with E-state index in [1.165, 1.54) is 12.1 Å². The average Bonchev–Trinajstić information content (AvgIpc) is 3.03. The van der Waals surface area contributed by atoms with Gasteiger partial charge < -0.3 is 11.1 Å². The fourth-order valence-corrected chi connectivity index (χ4v) is 3.00. The molecule has 0 unspecified atom stereocenters. The van der Waals surface area contributed by atoms with E-state index in [2.05, 4.69) is 20.4 Å². The van der Waals surface area contributed by atoms with Crippen LogP contribution in [0.2, 0.25) is 0 Å². The van der Waals surface area contributed by atoms with Gasteiger partial charge in [0.2, 0.25) is 5.95 Å². The number of halogens is 1. The third-order valence-corrected chi connectivity index (χ3v) is 4.22. The number of nitrogen functional groups attached to an aromatic ring is 1. The molecule has 0 saturated carbocycles. The molecule has 3 aromatic rings. The number of nitrogens with one attached hydrogen (secondary N) is 1. The number of hydrogen-bond donors (Lipinski definition) is 2. The van der Waals surface area contributed by atoms with Crippen LogP contribution in [0.5, 0.6) is 0 Å². The van der Waals surface area contributed by atoms with E-state index in [1.54, 1.807) is 30.6 Å². The van der Waals surface area contributed by atoms with Gasteiger partial charge in [0.15, 0.2) is 5.82 Å². The molecule has 3 N–H and O–H groups in total. The highest BCUT2D eigenvalue weighted by Crippen LogP contribution is 2.33. The van der Waals surface area contributed by atoms with Gasteiger partial charge in [0, 0.05) is 30.2 Å². The smallest absolute Gasteiger partial charge is 0.257 e. The molecule has 1 aliphatic rings. The second-order valence-electron chi connectivity index (χ2n) is 5.78. The topological polar surface area (TPSA) is 98.7 Å². The maximum atomic E-state index is 13.6. The number of nitrogens with two attached hydrogens (primary N) is 1. The number of carbonyl (C=O) groups is 1. The zero-order chi connectivity index (χ0) is 17.4. The van der Waals surface area contributed by atoms with Gasteiger partial charge >= 0.3 is 0 Å². The molecule has 0 amide bonds. The van der Waals surface area contributed by atoms with E-state index in [0.717, 1.165) is 10.4 Å². The normalized spacial score (nSPS) is 16.1. The second-order valence-corrected chi connectivity index (χ2v) is 5.78. The molecule has 1 atom stereocenters. The minimum absolute atomic E-state index is 0.00768. The van der Waals surface area contributed by atoms with E-state index in [-0.39, 0.29) is 17.7 Å². The Morgan fingerprint density at radius 3 is 2.88 bits per heavy atom. The van der Waals surface area contributed by atoms with Crippen LogP contribution in [0.25, 0.3) is 11.4 Å². The summed E-state index contributed by atoms with van der Waals surface area (Å²) in [5.74, 6) is -0.876. The molecule has 25 heavy (non-hydrogen) atoms. The standard InChI is InChI=1S/C17H15FN6O/c18-11-1-2-14-13(9-11)12(5-8-21-14)16(25)24-17(19)22-15(23-24)10-3-6-20-7-4-10/h1-4,6-7,9,12,21H,5,8H2,(H2,19,22,23)/t12-/m1/s1. The van der Waals surface area contributed by atoms with E-state index in [9.17, 15) is 9.18 Å². The summed E-state index contributed by atoms with van der Waals surface area (Å²) in [6, 6.07) is 7.85. The molecule has 126 valence electrons. The highest BCUT2D eigenvalue weighted by Gasteiger charge is 2.30. The molecule has 0 radical (unpaired) electrons. The largest absolute Gasteiger partial charge is 0.385 e. The number of aromatic nitrogens is 4. The van der Waals surface area contributed by atoms with E-state index in [4.69, 9.17) is 5.73 Å². The fraction of sp³-hybridized carbons (Fsp3) is 0.176. The van der Waals surface area contributed by atoms with Crippen molar-refractivity contribution in [2.75, 3.05) is 17.6 Å². The Bertz CT molecular complexity index is 940. The molecular weight excluding hydrogens is 323 g/mol. The molecule has 8 heteroatoms. The molecule has 3 heterocycles. The quantitative estimate of drug-likeness (QED) is 0.744. The van der Waals surface area contributed by atoms with Gasteiger partial charge in [-0.05, 0) is 42.3 Å². The minimum Gasteiger partial charge on any atom is -0.385 e. The van der Waals surface area contributed by atoms with Crippen LogP contribution in [0.1, 0.15) is 22.7 Å². The lowest BCUT2D eigenvalue weighted by atomic mass is 9.90. The van der Waals surface area contributed by atoms with Crippen molar-refractivity contribution in [2.24, 2.45) is 0 Å². The molecule has 0 bridgehead atoms. The van der Waals surface area contributed by atoms with Gasteiger partial charge in [-0.2, -0.15) is 9.67 Å². The van der Waals surface area contributed by atoms with Crippen molar-refractivity contribution >= 4 is 17.5 Å². The van der Waals surface area contributed by atoms with Crippen LogP contribution in [0, 0.1) is 5.82 Å². The molecule has 1 aliphatic heterocycles. The Balaban J connectivity index is 1.71. The van der Waals surface area contributed by atoms with E-state index in [1.807, 2.05) is 0 Å². The predicted octanol–water partition coefficient (Wildman–Crippen LogP) is 2.30. The number of fused-ring (bicyclic) bond motifs is 1. The van der Waals surface area contributed by atoms with Crippen molar-refractivity contribution in [3.63, 3.8) is 0 Å². The van der Waals surface area contributed by atoms with Crippen molar-refractivity contribution in [2.45, 2.75) is 12.3 Å². The number of carbonyl (C=O) groups excluding carboxylic acids is 1. The summed E-state index contributed by atoms with van der Waals surface area (Å²) < 4.78 is 14.7. The molecule has 4 rings (SSSR count). The minimum atomic E-state index is -0.527. The molecule has 0 saturated heterocycles. The first kappa shape index (κ1) is 15.3. The fourth-order valence-electron chi connectivity index (χ4n) is 3.00. The maximum Gasteiger partial charge on any atom is 0.257 e. The number of benzene rings is 1. The lowest BCUT2D eigenvalue weighted by molar-refractivity contribution is 0.0859. The molecular formula is C17H15FN6O. The molecule has 0 spiro atoms. The predicted molar refractivity (Wildman–Crippen MR) is 90.5 cm³/mol. The molecule has 2 aromatic heterocycles. The van der Waals surface area contributed by atoms with E-state index >= 15 is 0 Å². The lowest BCUT2D eigenvalue weighted by Gasteiger charge is -2.25. The first-order valence-corrected chi connectivity index (χ1v) is 7.84. The van der Waals surface area contributed by atoms with Crippen LogP contribution < -0.4 is 11.1 Å². The van der Waals surface area contributed by atoms with Crippen LogP contribution in [0.4, 0.5) is 16.0 Å². The second kappa shape index (κ2) is 5.97. The van der Waals surface area contributed by atoms with Gasteiger partial charge in [0.1, 0.15) is 5.82 Å². The molecule has 0 aliphatic carbocycles. The Morgan fingerprint density at radius 1 is 1.28 bits per heavy atom. The average molecular weight is 338 g/mol. The Labute approximate surface area is 142 Å². The third kappa shape index (κ3) is 2.71. The molecule has 7 nitrogen and oxygen atoms in total. The number of hydrogen-bond acceptors (Lipinski definition) is 6. The van der Waals surface area contributed by atoms with Gasteiger partial charge in [-0.1, -0.05) is 0 Å². The first-order valence-electron chi connectivity index (χ1n) is 7.84. The zero-order valence-corrected chi connectivity index (χ0v) is 13.2. The number of rotatable bonds is 2. The highest BCUT2D eigenvalue weighted by atomic mass is 19.1. The van der Waals surface area contributed by atoms with Gasteiger partial charge in [0.05, 0.1) is 5.92 Å². The van der Waals surface area contributed by atoms with Crippen molar-refractivity contribution in [3.05, 3.63) is 54.1 Å². The third-order valence-electron chi connectivity index (χ3n) is 4.22. The van der Waals surface area contributed by atoms with Crippen molar-refractivity contribution < 1.29 is 9.18 Å². The van der Waals surface area contributed by atoms with Crippen LogP contribution in [-0.4, -0.2) is 32.2 Å². The van der Waals surface area contributed by atoms with Gasteiger partial charge in [0.25, 0.3) is 5.91 Å². The summed E-state index contributed by atoms with van der Waals surface area (Å²) in [6.07, 6.45) is 3.75. The maximum absolute atomic E-state index is 13.6. The van der Waals surface area contributed by atoms with Crippen LogP contribution >= 0.6 is 0 Å². The van der Waals surface area contributed by atoms with Crippen LogP contribution in [0.15, 0.2) is 42.7 Å². The summed E-state index contributed by atoms with van der Waals surface area (Å²) in [5.41, 5.74) is 7.97. The van der Waals surface area contributed by atoms with Gasteiger partial charge in [-0.15, -0.1) is 5.10 Å². The number of anilines is 2. The Hall–Kier alpha value is -3.29. The van der Waals surface area contributed by atoms with Crippen LogP contribution in [0.3, 0.4) is 0 Å². The van der Waals surface area contributed by atoms with E-state index < -0.39 is 5.92 Å². The van der Waals surface area contributed by atoms with Gasteiger partial charge in [-0.3, -0.25) is 9.78 Å². The summed E-state index contributed by atoms with van der Waals surface area (Å²) in [6.45, 7) is 0.612. The number of pyridine rings is 1.